The van der Waals surface area contributed by atoms with Crippen LogP contribution in [-0.2, 0) is 0 Å². The van der Waals surface area contributed by atoms with E-state index in [-0.39, 0.29) is 17.3 Å². The monoisotopic (exact) mass is 222 g/mol. The van der Waals surface area contributed by atoms with Crippen molar-refractivity contribution in [3.8, 4) is 0 Å². The fourth-order valence-electron chi connectivity index (χ4n) is 1.88. The standard InChI is InChI=1S/C12H15FN2O/c1-8-3-4-9(5-10(8)13)11(16)15-6-12(2,14)7-15/h3-5H,6-7,14H2,1-2H3. The van der Waals surface area contributed by atoms with Crippen molar-refractivity contribution in [1.82, 2.24) is 4.90 Å². The van der Waals surface area contributed by atoms with Gasteiger partial charge in [0.15, 0.2) is 0 Å². The summed E-state index contributed by atoms with van der Waals surface area (Å²) in [5.74, 6) is -0.497. The summed E-state index contributed by atoms with van der Waals surface area (Å²) in [7, 11) is 0. The normalized spacial score (nSPS) is 18.1. The predicted octanol–water partition coefficient (Wildman–Crippen LogP) is 1.31. The predicted molar refractivity (Wildman–Crippen MR) is 59.6 cm³/mol. The zero-order valence-corrected chi connectivity index (χ0v) is 9.46. The molecule has 0 bridgehead atoms. The Morgan fingerprint density at radius 2 is 2.12 bits per heavy atom. The summed E-state index contributed by atoms with van der Waals surface area (Å²) in [4.78, 5) is 13.5. The summed E-state index contributed by atoms with van der Waals surface area (Å²) in [6.45, 7) is 4.62. The van der Waals surface area contributed by atoms with Gasteiger partial charge in [0.25, 0.3) is 5.91 Å². The number of halogens is 1. The van der Waals surface area contributed by atoms with Crippen molar-refractivity contribution >= 4 is 5.91 Å². The van der Waals surface area contributed by atoms with Gasteiger partial charge < -0.3 is 10.6 Å². The molecule has 4 heteroatoms. The smallest absolute Gasteiger partial charge is 0.254 e. The number of nitrogens with zero attached hydrogens (tertiary/aromatic N) is 1. The molecule has 0 unspecified atom stereocenters. The molecule has 0 spiro atoms. The van der Waals surface area contributed by atoms with Crippen molar-refractivity contribution in [3.05, 3.63) is 35.1 Å². The van der Waals surface area contributed by atoms with Crippen molar-refractivity contribution < 1.29 is 9.18 Å². The fraction of sp³-hybridized carbons (Fsp3) is 0.417. The first-order chi connectivity index (χ1) is 7.39. The minimum atomic E-state index is -0.345. The summed E-state index contributed by atoms with van der Waals surface area (Å²) in [6.07, 6.45) is 0. The van der Waals surface area contributed by atoms with Crippen LogP contribution in [0.15, 0.2) is 18.2 Å². The number of hydrogen-bond donors (Lipinski definition) is 1. The zero-order chi connectivity index (χ0) is 11.9. The summed E-state index contributed by atoms with van der Waals surface area (Å²) in [5.41, 5.74) is 6.45. The molecule has 2 rings (SSSR count). The highest BCUT2D eigenvalue weighted by molar-refractivity contribution is 5.95. The van der Waals surface area contributed by atoms with Crippen LogP contribution in [0.2, 0.25) is 0 Å². The topological polar surface area (TPSA) is 46.3 Å². The molecule has 2 N–H and O–H groups in total. The Kier molecular flexibility index (Phi) is 2.46. The highest BCUT2D eigenvalue weighted by Gasteiger charge is 2.38. The van der Waals surface area contributed by atoms with Crippen LogP contribution in [0.1, 0.15) is 22.8 Å². The molecule has 16 heavy (non-hydrogen) atoms. The van der Waals surface area contributed by atoms with Crippen LogP contribution in [0.4, 0.5) is 4.39 Å². The van der Waals surface area contributed by atoms with Gasteiger partial charge >= 0.3 is 0 Å². The van der Waals surface area contributed by atoms with Crippen molar-refractivity contribution in [2.75, 3.05) is 13.1 Å². The van der Waals surface area contributed by atoms with Crippen LogP contribution in [-0.4, -0.2) is 29.4 Å². The highest BCUT2D eigenvalue weighted by atomic mass is 19.1. The third-order valence-electron chi connectivity index (χ3n) is 2.81. The van der Waals surface area contributed by atoms with E-state index >= 15 is 0 Å². The molecule has 0 atom stereocenters. The SMILES string of the molecule is Cc1ccc(C(=O)N2CC(C)(N)C2)cc1F. The van der Waals surface area contributed by atoms with E-state index in [2.05, 4.69) is 0 Å². The number of carbonyl (C=O) groups is 1. The van der Waals surface area contributed by atoms with Gasteiger partial charge in [-0.1, -0.05) is 6.07 Å². The molecule has 1 saturated heterocycles. The lowest BCUT2D eigenvalue weighted by Crippen LogP contribution is -2.66. The van der Waals surface area contributed by atoms with Gasteiger partial charge in [-0.25, -0.2) is 4.39 Å². The average molecular weight is 222 g/mol. The first-order valence-electron chi connectivity index (χ1n) is 5.23. The molecule has 1 aromatic carbocycles. The van der Waals surface area contributed by atoms with Crippen molar-refractivity contribution in [1.29, 1.82) is 0 Å². The van der Waals surface area contributed by atoms with Crippen LogP contribution < -0.4 is 5.73 Å². The molecule has 3 nitrogen and oxygen atoms in total. The Balaban J connectivity index is 2.13. The van der Waals surface area contributed by atoms with Crippen LogP contribution in [0.25, 0.3) is 0 Å². The Morgan fingerprint density at radius 3 is 2.62 bits per heavy atom. The lowest BCUT2D eigenvalue weighted by molar-refractivity contribution is 0.0453. The molecule has 86 valence electrons. The molecule has 1 aromatic rings. The van der Waals surface area contributed by atoms with Gasteiger partial charge in [0, 0.05) is 24.2 Å². The van der Waals surface area contributed by atoms with E-state index < -0.39 is 0 Å². The van der Waals surface area contributed by atoms with E-state index in [4.69, 9.17) is 5.73 Å². The molecular formula is C12H15FN2O. The summed E-state index contributed by atoms with van der Waals surface area (Å²) >= 11 is 0. The zero-order valence-electron chi connectivity index (χ0n) is 9.46. The van der Waals surface area contributed by atoms with Gasteiger partial charge in [0.1, 0.15) is 5.82 Å². The lowest BCUT2D eigenvalue weighted by atomic mass is 9.93. The maximum absolute atomic E-state index is 13.3. The summed E-state index contributed by atoms with van der Waals surface area (Å²) in [5, 5.41) is 0. The third-order valence-corrected chi connectivity index (χ3v) is 2.81. The minimum absolute atomic E-state index is 0.151. The largest absolute Gasteiger partial charge is 0.335 e. The second kappa shape index (κ2) is 3.56. The van der Waals surface area contributed by atoms with E-state index in [0.29, 0.717) is 24.2 Å². The second-order valence-electron chi connectivity index (χ2n) is 4.78. The minimum Gasteiger partial charge on any atom is -0.335 e. The molecule has 1 aliphatic heterocycles. The first-order valence-corrected chi connectivity index (χ1v) is 5.23. The van der Waals surface area contributed by atoms with Crippen LogP contribution in [0.5, 0.6) is 0 Å². The van der Waals surface area contributed by atoms with Gasteiger partial charge in [-0.2, -0.15) is 0 Å². The number of rotatable bonds is 1. The van der Waals surface area contributed by atoms with Gasteiger partial charge in [-0.15, -0.1) is 0 Å². The molecule has 0 saturated carbocycles. The molecular weight excluding hydrogens is 207 g/mol. The Bertz CT molecular complexity index is 435. The Morgan fingerprint density at radius 1 is 1.50 bits per heavy atom. The van der Waals surface area contributed by atoms with Gasteiger partial charge in [0.05, 0.1) is 0 Å². The molecule has 0 aromatic heterocycles. The Labute approximate surface area is 94.0 Å². The molecule has 0 aliphatic carbocycles. The van der Waals surface area contributed by atoms with E-state index in [1.54, 1.807) is 24.0 Å². The van der Waals surface area contributed by atoms with Crippen LogP contribution in [0, 0.1) is 12.7 Å². The number of benzene rings is 1. The number of hydrogen-bond acceptors (Lipinski definition) is 2. The van der Waals surface area contributed by atoms with Gasteiger partial charge in [0.2, 0.25) is 0 Å². The second-order valence-corrected chi connectivity index (χ2v) is 4.78. The number of nitrogens with two attached hydrogens (primary N) is 1. The van der Waals surface area contributed by atoms with E-state index in [1.807, 2.05) is 6.92 Å². The maximum Gasteiger partial charge on any atom is 0.254 e. The summed E-state index contributed by atoms with van der Waals surface area (Å²) < 4.78 is 13.3. The fourth-order valence-corrected chi connectivity index (χ4v) is 1.88. The number of carbonyl (C=O) groups excluding carboxylic acids is 1. The average Bonchev–Trinajstić information content (AvgIpc) is 2.17. The van der Waals surface area contributed by atoms with E-state index in [9.17, 15) is 9.18 Å². The first kappa shape index (κ1) is 11.1. The Hall–Kier alpha value is -1.42. The molecule has 1 heterocycles. The summed E-state index contributed by atoms with van der Waals surface area (Å²) in [6, 6.07) is 4.54. The molecule has 1 fully saturated rings. The number of amides is 1. The van der Waals surface area contributed by atoms with E-state index in [1.165, 1.54) is 6.07 Å². The van der Waals surface area contributed by atoms with Gasteiger partial charge in [-0.3, -0.25) is 4.79 Å². The molecule has 1 amide bonds. The van der Waals surface area contributed by atoms with Crippen molar-refractivity contribution in [3.63, 3.8) is 0 Å². The van der Waals surface area contributed by atoms with Crippen molar-refractivity contribution in [2.24, 2.45) is 5.73 Å². The third kappa shape index (κ3) is 1.93. The highest BCUT2D eigenvalue weighted by Crippen LogP contribution is 2.20. The number of aryl methyl sites for hydroxylation is 1. The lowest BCUT2D eigenvalue weighted by Gasteiger charge is -2.45. The van der Waals surface area contributed by atoms with Gasteiger partial charge in [-0.05, 0) is 31.5 Å². The maximum atomic E-state index is 13.3. The van der Waals surface area contributed by atoms with E-state index in [0.717, 1.165) is 0 Å². The molecule has 1 aliphatic rings. The van der Waals surface area contributed by atoms with Crippen LogP contribution in [0.3, 0.4) is 0 Å². The quantitative estimate of drug-likeness (QED) is 0.778. The molecule has 0 radical (unpaired) electrons. The van der Waals surface area contributed by atoms with Crippen molar-refractivity contribution in [2.45, 2.75) is 19.4 Å². The number of likely N-dealkylation sites (tertiary alicyclic amines) is 1. The van der Waals surface area contributed by atoms with Crippen LogP contribution >= 0.6 is 0 Å².